The Hall–Kier alpha value is -0.740. The number of hydrogen-bond acceptors (Lipinski definition) is 2. The summed E-state index contributed by atoms with van der Waals surface area (Å²) in [6.07, 6.45) is 0. The summed E-state index contributed by atoms with van der Waals surface area (Å²) in [4.78, 5) is 0. The quantitative estimate of drug-likeness (QED) is 0.802. The fourth-order valence-electron chi connectivity index (χ4n) is 1.64. The van der Waals surface area contributed by atoms with Crippen molar-refractivity contribution in [3.05, 3.63) is 56.5 Å². The van der Waals surface area contributed by atoms with Crippen molar-refractivity contribution in [2.45, 2.75) is 6.54 Å². The molecule has 19 heavy (non-hydrogen) atoms. The molecular formula is C14H12BrCl2NO. The third-order valence-corrected chi connectivity index (χ3v) is 3.53. The second kappa shape index (κ2) is 6.62. The van der Waals surface area contributed by atoms with Crippen LogP contribution < -0.4 is 10.1 Å². The van der Waals surface area contributed by atoms with Crippen molar-refractivity contribution < 1.29 is 4.74 Å². The summed E-state index contributed by atoms with van der Waals surface area (Å²) in [7, 11) is 1.89. The fraction of sp³-hybridized carbons (Fsp3) is 0.143. The van der Waals surface area contributed by atoms with E-state index in [-0.39, 0.29) is 0 Å². The van der Waals surface area contributed by atoms with Gasteiger partial charge in [0, 0.05) is 21.6 Å². The van der Waals surface area contributed by atoms with Crippen LogP contribution in [0.15, 0.2) is 40.9 Å². The Morgan fingerprint density at radius 1 is 1.11 bits per heavy atom. The zero-order chi connectivity index (χ0) is 13.8. The van der Waals surface area contributed by atoms with E-state index in [1.165, 1.54) is 0 Å². The maximum Gasteiger partial charge on any atom is 0.146 e. The van der Waals surface area contributed by atoms with E-state index in [0.29, 0.717) is 22.3 Å². The van der Waals surface area contributed by atoms with E-state index < -0.39 is 0 Å². The first kappa shape index (κ1) is 14.7. The molecule has 5 heteroatoms. The molecule has 0 unspecified atom stereocenters. The van der Waals surface area contributed by atoms with Gasteiger partial charge < -0.3 is 10.1 Å². The summed E-state index contributed by atoms with van der Waals surface area (Å²) in [5, 5.41) is 4.18. The van der Waals surface area contributed by atoms with E-state index in [1.54, 1.807) is 18.2 Å². The summed E-state index contributed by atoms with van der Waals surface area (Å²) in [5.74, 6) is 1.34. The minimum atomic E-state index is 0.489. The van der Waals surface area contributed by atoms with E-state index in [9.17, 15) is 0 Å². The van der Waals surface area contributed by atoms with E-state index in [4.69, 9.17) is 27.9 Å². The smallest absolute Gasteiger partial charge is 0.146 e. The van der Waals surface area contributed by atoms with Crippen LogP contribution in [0.25, 0.3) is 0 Å². The number of hydrogen-bond donors (Lipinski definition) is 1. The zero-order valence-corrected chi connectivity index (χ0v) is 13.3. The summed E-state index contributed by atoms with van der Waals surface area (Å²) in [6.45, 7) is 0.716. The van der Waals surface area contributed by atoms with Crippen molar-refractivity contribution in [2.75, 3.05) is 7.05 Å². The predicted molar refractivity (Wildman–Crippen MR) is 83.4 cm³/mol. The molecule has 0 amide bonds. The second-order valence-corrected chi connectivity index (χ2v) is 5.72. The Bertz CT molecular complexity index is 590. The Morgan fingerprint density at radius 3 is 2.58 bits per heavy atom. The maximum absolute atomic E-state index is 6.11. The first-order valence-electron chi connectivity index (χ1n) is 5.66. The molecule has 0 fully saturated rings. The van der Waals surface area contributed by atoms with E-state index >= 15 is 0 Å². The molecule has 1 N–H and O–H groups in total. The lowest BCUT2D eigenvalue weighted by atomic mass is 10.2. The van der Waals surface area contributed by atoms with Gasteiger partial charge in [0.25, 0.3) is 0 Å². The van der Waals surface area contributed by atoms with Gasteiger partial charge in [-0.1, -0.05) is 45.2 Å². The van der Waals surface area contributed by atoms with Crippen LogP contribution in [0.5, 0.6) is 11.5 Å². The Labute approximate surface area is 130 Å². The maximum atomic E-state index is 6.11. The summed E-state index contributed by atoms with van der Waals surface area (Å²) in [5.41, 5.74) is 1.05. The van der Waals surface area contributed by atoms with Gasteiger partial charge in [-0.2, -0.15) is 0 Å². The van der Waals surface area contributed by atoms with Crippen LogP contribution in [-0.4, -0.2) is 7.05 Å². The average molecular weight is 361 g/mol. The van der Waals surface area contributed by atoms with Crippen molar-refractivity contribution in [1.82, 2.24) is 5.32 Å². The lowest BCUT2D eigenvalue weighted by Gasteiger charge is -2.12. The van der Waals surface area contributed by atoms with Crippen LogP contribution in [0.4, 0.5) is 0 Å². The Morgan fingerprint density at radius 2 is 1.89 bits per heavy atom. The molecular weight excluding hydrogens is 349 g/mol. The van der Waals surface area contributed by atoms with Gasteiger partial charge in [0.05, 0.1) is 5.02 Å². The minimum absolute atomic E-state index is 0.489. The van der Waals surface area contributed by atoms with Crippen LogP contribution in [-0.2, 0) is 6.54 Å². The molecule has 2 rings (SSSR count). The van der Waals surface area contributed by atoms with Crippen molar-refractivity contribution in [3.8, 4) is 11.5 Å². The van der Waals surface area contributed by atoms with Gasteiger partial charge in [-0.25, -0.2) is 0 Å². The summed E-state index contributed by atoms with van der Waals surface area (Å²) >= 11 is 15.4. The lowest BCUT2D eigenvalue weighted by Crippen LogP contribution is -2.06. The van der Waals surface area contributed by atoms with Crippen LogP contribution in [0.1, 0.15) is 5.56 Å². The molecule has 0 radical (unpaired) electrons. The third-order valence-electron chi connectivity index (χ3n) is 2.51. The van der Waals surface area contributed by atoms with E-state index in [1.807, 2.05) is 25.2 Å². The van der Waals surface area contributed by atoms with Crippen LogP contribution in [0.3, 0.4) is 0 Å². The molecule has 2 aromatic carbocycles. The summed E-state index contributed by atoms with van der Waals surface area (Å²) in [6, 6.07) is 11.1. The van der Waals surface area contributed by atoms with E-state index in [2.05, 4.69) is 21.2 Å². The molecule has 0 atom stereocenters. The lowest BCUT2D eigenvalue weighted by molar-refractivity contribution is 0.474. The average Bonchev–Trinajstić information content (AvgIpc) is 2.36. The van der Waals surface area contributed by atoms with Crippen LogP contribution in [0, 0.1) is 0 Å². The van der Waals surface area contributed by atoms with Crippen molar-refractivity contribution >= 4 is 39.1 Å². The Kier molecular flexibility index (Phi) is 5.11. The first-order chi connectivity index (χ1) is 9.10. The van der Waals surface area contributed by atoms with Gasteiger partial charge in [0.15, 0.2) is 0 Å². The van der Waals surface area contributed by atoms with Gasteiger partial charge in [0.1, 0.15) is 11.5 Å². The van der Waals surface area contributed by atoms with E-state index in [0.717, 1.165) is 15.8 Å². The van der Waals surface area contributed by atoms with Crippen LogP contribution in [0.2, 0.25) is 10.0 Å². The molecule has 0 saturated heterocycles. The zero-order valence-electron chi connectivity index (χ0n) is 10.2. The molecule has 100 valence electrons. The molecule has 0 aliphatic heterocycles. The molecule has 2 aromatic rings. The van der Waals surface area contributed by atoms with Gasteiger partial charge in [0.2, 0.25) is 0 Å². The largest absolute Gasteiger partial charge is 0.455 e. The number of rotatable bonds is 4. The third kappa shape index (κ3) is 3.86. The van der Waals surface area contributed by atoms with Crippen LogP contribution >= 0.6 is 39.1 Å². The molecule has 0 aliphatic rings. The number of nitrogens with one attached hydrogen (secondary N) is 1. The van der Waals surface area contributed by atoms with Gasteiger partial charge >= 0.3 is 0 Å². The first-order valence-corrected chi connectivity index (χ1v) is 7.21. The monoisotopic (exact) mass is 359 g/mol. The molecule has 0 heterocycles. The SMILES string of the molecule is CNCc1ccc(Br)cc1Oc1ccc(Cl)cc1Cl. The standard InChI is InChI=1S/C14H12BrCl2NO/c1-18-8-9-2-3-10(15)6-14(9)19-13-5-4-11(16)7-12(13)17/h2-7,18H,8H2,1H3. The fourth-order valence-corrected chi connectivity index (χ4v) is 2.42. The predicted octanol–water partition coefficient (Wildman–Crippen LogP) is 5.27. The molecule has 0 spiro atoms. The number of benzene rings is 2. The van der Waals surface area contributed by atoms with Gasteiger partial charge in [-0.15, -0.1) is 0 Å². The molecule has 2 nitrogen and oxygen atoms in total. The Balaban J connectivity index is 2.33. The highest BCUT2D eigenvalue weighted by Crippen LogP contribution is 2.34. The molecule has 0 bridgehead atoms. The molecule has 0 aromatic heterocycles. The topological polar surface area (TPSA) is 21.3 Å². The number of ether oxygens (including phenoxy) is 1. The molecule has 0 saturated carbocycles. The van der Waals surface area contributed by atoms with Crippen molar-refractivity contribution in [1.29, 1.82) is 0 Å². The minimum Gasteiger partial charge on any atom is -0.455 e. The van der Waals surface area contributed by atoms with Gasteiger partial charge in [-0.3, -0.25) is 0 Å². The van der Waals surface area contributed by atoms with Crippen molar-refractivity contribution in [2.24, 2.45) is 0 Å². The van der Waals surface area contributed by atoms with Crippen molar-refractivity contribution in [3.63, 3.8) is 0 Å². The summed E-state index contributed by atoms with van der Waals surface area (Å²) < 4.78 is 6.82. The number of halogens is 3. The highest BCUT2D eigenvalue weighted by Gasteiger charge is 2.08. The highest BCUT2D eigenvalue weighted by molar-refractivity contribution is 9.10. The molecule has 0 aliphatic carbocycles. The van der Waals surface area contributed by atoms with Gasteiger partial charge in [-0.05, 0) is 37.4 Å². The second-order valence-electron chi connectivity index (χ2n) is 3.96. The highest BCUT2D eigenvalue weighted by atomic mass is 79.9. The normalized spacial score (nSPS) is 10.5.